The van der Waals surface area contributed by atoms with Gasteiger partial charge in [-0.1, -0.05) is 30.3 Å². The van der Waals surface area contributed by atoms with Gasteiger partial charge in [-0.25, -0.2) is 4.74 Å². The van der Waals surface area contributed by atoms with Crippen LogP contribution in [0.5, 0.6) is 11.5 Å². The van der Waals surface area contributed by atoms with Gasteiger partial charge in [0.05, 0.1) is 12.7 Å². The number of aromatic hydroxyl groups is 1. The normalized spacial score (nSPS) is 11.4. The summed E-state index contributed by atoms with van der Waals surface area (Å²) in [5.74, 6) is 0.351. The highest BCUT2D eigenvalue weighted by atomic mass is 79.9. The number of ether oxygens (including phenoxy) is 1. The molecule has 5 heteroatoms. The van der Waals surface area contributed by atoms with Gasteiger partial charge in [-0.05, 0) is 28.1 Å². The summed E-state index contributed by atoms with van der Waals surface area (Å²) in [6.45, 7) is 0.250. The number of hydrogen-bond donors (Lipinski definition) is 1. The number of hydroxylamine groups is 1. The Labute approximate surface area is 125 Å². The maximum absolute atomic E-state index is 11.9. The maximum Gasteiger partial charge on any atom is 0.183 e. The first kappa shape index (κ1) is 14.4. The number of methoxy groups -OCH3 is 1. The molecule has 2 aromatic rings. The van der Waals surface area contributed by atoms with E-state index in [9.17, 15) is 10.3 Å². The molecule has 0 aliphatic carbocycles. The molecule has 0 fully saturated rings. The minimum Gasteiger partial charge on any atom is -0.624 e. The van der Waals surface area contributed by atoms with E-state index in [1.165, 1.54) is 19.4 Å². The molecule has 20 heavy (non-hydrogen) atoms. The maximum atomic E-state index is 11.9. The summed E-state index contributed by atoms with van der Waals surface area (Å²) in [6, 6.07) is 12.6. The first-order valence-corrected chi connectivity index (χ1v) is 6.78. The van der Waals surface area contributed by atoms with Gasteiger partial charge in [0.1, 0.15) is 0 Å². The first-order chi connectivity index (χ1) is 9.60. The Bertz CT molecular complexity index is 627. The van der Waals surface area contributed by atoms with Crippen LogP contribution in [0.3, 0.4) is 0 Å². The lowest BCUT2D eigenvalue weighted by molar-refractivity contribution is -0.469. The molecule has 0 bridgehead atoms. The number of nitrogens with zero attached hydrogens (tertiary/aromatic N) is 1. The third-order valence-corrected chi connectivity index (χ3v) is 3.45. The van der Waals surface area contributed by atoms with Crippen LogP contribution in [0.1, 0.15) is 11.1 Å². The molecule has 0 aliphatic heterocycles. The predicted molar refractivity (Wildman–Crippen MR) is 81.3 cm³/mol. The number of phenols is 1. The average Bonchev–Trinajstić information content (AvgIpc) is 2.43. The van der Waals surface area contributed by atoms with Crippen LogP contribution in [0.4, 0.5) is 0 Å². The molecule has 0 aromatic heterocycles. The van der Waals surface area contributed by atoms with Crippen LogP contribution in [-0.2, 0) is 6.54 Å². The van der Waals surface area contributed by atoms with Crippen molar-refractivity contribution in [1.29, 1.82) is 0 Å². The molecule has 0 radical (unpaired) electrons. The molecule has 104 valence electrons. The highest BCUT2D eigenvalue weighted by Gasteiger charge is 2.09. The van der Waals surface area contributed by atoms with Gasteiger partial charge in [0, 0.05) is 10.0 Å². The van der Waals surface area contributed by atoms with E-state index >= 15 is 0 Å². The van der Waals surface area contributed by atoms with Gasteiger partial charge >= 0.3 is 0 Å². The zero-order chi connectivity index (χ0) is 14.5. The summed E-state index contributed by atoms with van der Waals surface area (Å²) in [5, 5.41) is 21.7. The van der Waals surface area contributed by atoms with E-state index in [-0.39, 0.29) is 12.3 Å². The number of phenolic OH excluding ortho intramolecular Hbond substituents is 1. The van der Waals surface area contributed by atoms with Crippen molar-refractivity contribution in [3.8, 4) is 11.5 Å². The van der Waals surface area contributed by atoms with Gasteiger partial charge < -0.3 is 15.1 Å². The highest BCUT2D eigenvalue weighted by Crippen LogP contribution is 2.31. The Balaban J connectivity index is 2.24. The Morgan fingerprint density at radius 1 is 1.30 bits per heavy atom. The van der Waals surface area contributed by atoms with E-state index in [0.29, 0.717) is 15.8 Å². The molecule has 2 aromatic carbocycles. The third kappa shape index (κ3) is 3.51. The second-order valence-corrected chi connectivity index (χ2v) is 5.09. The van der Waals surface area contributed by atoms with Crippen molar-refractivity contribution in [1.82, 2.24) is 0 Å². The fourth-order valence-corrected chi connectivity index (χ4v) is 2.21. The van der Waals surface area contributed by atoms with E-state index in [0.717, 1.165) is 10.3 Å². The van der Waals surface area contributed by atoms with Crippen molar-refractivity contribution >= 4 is 22.1 Å². The SMILES string of the molecule is COc1cc(Br)c(/C=[N+](\[O-])Cc2ccccc2)cc1O. The lowest BCUT2D eigenvalue weighted by atomic mass is 10.2. The number of benzene rings is 2. The number of hydrogen-bond acceptors (Lipinski definition) is 3. The van der Waals surface area contributed by atoms with Crippen molar-refractivity contribution in [2.24, 2.45) is 0 Å². The largest absolute Gasteiger partial charge is 0.624 e. The first-order valence-electron chi connectivity index (χ1n) is 5.99. The van der Waals surface area contributed by atoms with Crippen molar-refractivity contribution in [3.63, 3.8) is 0 Å². The smallest absolute Gasteiger partial charge is 0.183 e. The summed E-state index contributed by atoms with van der Waals surface area (Å²) in [6.07, 6.45) is 1.43. The molecule has 4 nitrogen and oxygen atoms in total. The second kappa shape index (κ2) is 6.43. The Morgan fingerprint density at radius 2 is 2.00 bits per heavy atom. The molecular formula is C15H14BrNO3. The quantitative estimate of drug-likeness (QED) is 0.403. The van der Waals surface area contributed by atoms with Crippen LogP contribution in [0.15, 0.2) is 46.9 Å². The zero-order valence-corrected chi connectivity index (χ0v) is 12.5. The van der Waals surface area contributed by atoms with E-state index in [4.69, 9.17) is 4.74 Å². The molecule has 0 heterocycles. The van der Waals surface area contributed by atoms with E-state index in [1.807, 2.05) is 30.3 Å². The van der Waals surface area contributed by atoms with Gasteiger partial charge in [0.15, 0.2) is 24.3 Å². The van der Waals surface area contributed by atoms with Crippen LogP contribution in [0, 0.1) is 5.21 Å². The topological polar surface area (TPSA) is 55.5 Å². The van der Waals surface area contributed by atoms with E-state index in [1.54, 1.807) is 6.07 Å². The van der Waals surface area contributed by atoms with Crippen LogP contribution in [0.25, 0.3) is 0 Å². The third-order valence-electron chi connectivity index (χ3n) is 2.76. The van der Waals surface area contributed by atoms with Gasteiger partial charge in [-0.15, -0.1) is 0 Å². The minimum absolute atomic E-state index is 0.00457. The molecule has 0 amide bonds. The summed E-state index contributed by atoms with van der Waals surface area (Å²) < 4.78 is 6.50. The van der Waals surface area contributed by atoms with E-state index < -0.39 is 0 Å². The van der Waals surface area contributed by atoms with Crippen molar-refractivity contribution in [2.75, 3.05) is 7.11 Å². The minimum atomic E-state index is -0.00457. The average molecular weight is 336 g/mol. The Kier molecular flexibility index (Phi) is 4.63. The molecule has 0 saturated heterocycles. The number of halogens is 1. The summed E-state index contributed by atoms with van der Waals surface area (Å²) >= 11 is 3.35. The van der Waals surface area contributed by atoms with Gasteiger partial charge in [-0.3, -0.25) is 0 Å². The number of rotatable bonds is 4. The molecule has 2 rings (SSSR count). The molecule has 0 saturated carbocycles. The summed E-state index contributed by atoms with van der Waals surface area (Å²) in [4.78, 5) is 0. The Morgan fingerprint density at radius 3 is 2.65 bits per heavy atom. The molecule has 0 unspecified atom stereocenters. The van der Waals surface area contributed by atoms with Crippen LogP contribution in [0.2, 0.25) is 0 Å². The van der Waals surface area contributed by atoms with Crippen molar-refractivity contribution in [2.45, 2.75) is 6.54 Å². The lowest BCUT2D eigenvalue weighted by Gasteiger charge is -2.07. The molecule has 0 atom stereocenters. The standard InChI is InChI=1S/C15H14BrNO3/c1-20-15-8-13(16)12(7-14(15)18)10-17(19)9-11-5-3-2-4-6-11/h2-8,10,18H,9H2,1H3/b17-10-. The Hall–Kier alpha value is -2.01. The van der Waals surface area contributed by atoms with Gasteiger partial charge in [-0.2, -0.15) is 0 Å². The highest BCUT2D eigenvalue weighted by molar-refractivity contribution is 9.10. The summed E-state index contributed by atoms with van der Waals surface area (Å²) in [5.41, 5.74) is 1.52. The van der Waals surface area contributed by atoms with Crippen LogP contribution in [-0.4, -0.2) is 23.2 Å². The fourth-order valence-electron chi connectivity index (χ4n) is 1.79. The second-order valence-electron chi connectivity index (χ2n) is 4.24. The fraction of sp³-hybridized carbons (Fsp3) is 0.133. The van der Waals surface area contributed by atoms with Crippen molar-refractivity contribution < 1.29 is 14.6 Å². The monoisotopic (exact) mass is 335 g/mol. The molecular weight excluding hydrogens is 322 g/mol. The summed E-state index contributed by atoms with van der Waals surface area (Å²) in [7, 11) is 1.47. The van der Waals surface area contributed by atoms with Gasteiger partial charge in [0.2, 0.25) is 0 Å². The van der Waals surface area contributed by atoms with Gasteiger partial charge in [0.25, 0.3) is 0 Å². The van der Waals surface area contributed by atoms with Crippen molar-refractivity contribution in [3.05, 3.63) is 63.3 Å². The van der Waals surface area contributed by atoms with Crippen LogP contribution >= 0.6 is 15.9 Å². The predicted octanol–water partition coefficient (Wildman–Crippen LogP) is 3.29. The molecule has 0 aliphatic rings. The molecule has 0 spiro atoms. The van der Waals surface area contributed by atoms with E-state index in [2.05, 4.69) is 15.9 Å². The molecule has 1 N–H and O–H groups in total. The van der Waals surface area contributed by atoms with Crippen LogP contribution < -0.4 is 4.74 Å². The lowest BCUT2D eigenvalue weighted by Crippen LogP contribution is -2.06. The zero-order valence-electron chi connectivity index (χ0n) is 10.9.